The molecule has 0 N–H and O–H groups in total. The van der Waals surface area contributed by atoms with E-state index in [4.69, 9.17) is 4.74 Å². The Morgan fingerprint density at radius 1 is 0.484 bits per heavy atom. The summed E-state index contributed by atoms with van der Waals surface area (Å²) < 4.78 is 8.51. The largest absolute Gasteiger partial charge is 0.471 e. The second-order valence-electron chi connectivity index (χ2n) is 7.47. The van der Waals surface area contributed by atoms with E-state index in [0.29, 0.717) is 6.73 Å². The first kappa shape index (κ1) is 19.0. The number of benzene rings is 4. The van der Waals surface area contributed by atoms with Gasteiger partial charge in [-0.15, -0.1) is 0 Å². The predicted molar refractivity (Wildman–Crippen MR) is 128 cm³/mol. The smallest absolute Gasteiger partial charge is 0.164 e. The minimum Gasteiger partial charge on any atom is -0.471 e. The zero-order valence-electron chi connectivity index (χ0n) is 17.2. The van der Waals surface area contributed by atoms with Crippen molar-refractivity contribution in [1.29, 1.82) is 0 Å². The van der Waals surface area contributed by atoms with Crippen LogP contribution in [0.5, 0.6) is 5.75 Å². The van der Waals surface area contributed by atoms with Crippen molar-refractivity contribution in [2.45, 2.75) is 6.73 Å². The molecule has 150 valence electrons. The molecule has 1 heterocycles. The lowest BCUT2D eigenvalue weighted by molar-refractivity contribution is 0.239. The highest BCUT2D eigenvalue weighted by Gasteiger charge is 2.16. The minimum atomic E-state index is 0.456. The van der Waals surface area contributed by atoms with Crippen molar-refractivity contribution >= 4 is 0 Å². The van der Waals surface area contributed by atoms with Gasteiger partial charge in [-0.25, -0.2) is 0 Å². The van der Waals surface area contributed by atoms with Crippen LogP contribution in [0.3, 0.4) is 0 Å². The first-order valence-electron chi connectivity index (χ1n) is 10.5. The van der Waals surface area contributed by atoms with E-state index in [1.165, 1.54) is 11.1 Å². The molecule has 0 unspecified atom stereocenters. The van der Waals surface area contributed by atoms with E-state index in [9.17, 15) is 0 Å². The summed E-state index contributed by atoms with van der Waals surface area (Å²) in [7, 11) is 0. The van der Waals surface area contributed by atoms with Gasteiger partial charge in [-0.1, -0.05) is 91.0 Å². The first-order chi connectivity index (χ1) is 15.4. The van der Waals surface area contributed by atoms with Crippen LogP contribution in [-0.4, -0.2) is 4.57 Å². The summed E-state index contributed by atoms with van der Waals surface area (Å²) in [4.78, 5) is 0. The molecule has 1 aromatic heterocycles. The van der Waals surface area contributed by atoms with Crippen LogP contribution in [0.25, 0.3) is 33.4 Å². The third-order valence-corrected chi connectivity index (χ3v) is 5.39. The molecule has 5 aromatic rings. The summed E-state index contributed by atoms with van der Waals surface area (Å²) in [5.41, 5.74) is 6.82. The van der Waals surface area contributed by atoms with Crippen LogP contribution in [-0.2, 0) is 6.73 Å². The molecule has 0 bridgehead atoms. The first-order valence-corrected chi connectivity index (χ1v) is 10.5. The van der Waals surface area contributed by atoms with Gasteiger partial charge in [0.1, 0.15) is 5.75 Å². The summed E-state index contributed by atoms with van der Waals surface area (Å²) in [5, 5.41) is 0. The molecule has 0 aliphatic heterocycles. The van der Waals surface area contributed by atoms with Crippen molar-refractivity contribution in [3.05, 3.63) is 128 Å². The standard InChI is InChI=1S/C29H23NO/c1-4-12-23(13-5-1)26-20-27(24-14-6-2-7-15-24)29(31-22-30-18-10-11-19-30)28(21-26)25-16-8-3-9-17-25/h1-21H,22H2. The average molecular weight is 402 g/mol. The van der Waals surface area contributed by atoms with Crippen molar-refractivity contribution in [2.75, 3.05) is 0 Å². The third-order valence-electron chi connectivity index (χ3n) is 5.39. The number of hydrogen-bond donors (Lipinski definition) is 0. The SMILES string of the molecule is c1ccc(-c2cc(-c3ccccc3)c(OCn3cccc3)c(-c3ccccc3)c2)cc1. The van der Waals surface area contributed by atoms with Crippen molar-refractivity contribution in [2.24, 2.45) is 0 Å². The topological polar surface area (TPSA) is 14.2 Å². The monoisotopic (exact) mass is 401 g/mol. The maximum Gasteiger partial charge on any atom is 0.164 e. The Morgan fingerprint density at radius 2 is 0.935 bits per heavy atom. The summed E-state index contributed by atoms with van der Waals surface area (Å²) in [6.07, 6.45) is 4.03. The zero-order valence-corrected chi connectivity index (χ0v) is 17.2. The van der Waals surface area contributed by atoms with E-state index in [0.717, 1.165) is 28.0 Å². The molecular weight excluding hydrogens is 378 g/mol. The Bertz CT molecular complexity index is 1180. The predicted octanol–water partition coefficient (Wildman–Crippen LogP) is 7.53. The van der Waals surface area contributed by atoms with E-state index in [-0.39, 0.29) is 0 Å². The molecule has 4 aromatic carbocycles. The molecule has 2 nitrogen and oxygen atoms in total. The normalized spacial score (nSPS) is 10.7. The van der Waals surface area contributed by atoms with Gasteiger partial charge in [0, 0.05) is 23.5 Å². The van der Waals surface area contributed by atoms with E-state index >= 15 is 0 Å². The van der Waals surface area contributed by atoms with Crippen LogP contribution in [0.15, 0.2) is 128 Å². The molecular formula is C29H23NO. The maximum atomic E-state index is 6.48. The lowest BCUT2D eigenvalue weighted by Gasteiger charge is -2.19. The van der Waals surface area contributed by atoms with E-state index in [1.54, 1.807) is 0 Å². The molecule has 0 saturated carbocycles. The Morgan fingerprint density at radius 3 is 1.42 bits per heavy atom. The molecule has 0 atom stereocenters. The molecule has 0 aliphatic rings. The van der Waals surface area contributed by atoms with Gasteiger partial charge in [0.05, 0.1) is 0 Å². The Hall–Kier alpha value is -4.04. The van der Waals surface area contributed by atoms with Crippen molar-refractivity contribution in [1.82, 2.24) is 4.57 Å². The van der Waals surface area contributed by atoms with Crippen molar-refractivity contribution < 1.29 is 4.74 Å². The Balaban J connectivity index is 1.73. The highest BCUT2D eigenvalue weighted by Crippen LogP contribution is 2.42. The number of hydrogen-bond acceptors (Lipinski definition) is 1. The van der Waals surface area contributed by atoms with Crippen LogP contribution in [0.4, 0.5) is 0 Å². The number of rotatable bonds is 6. The molecule has 0 fully saturated rings. The number of nitrogens with zero attached hydrogens (tertiary/aromatic N) is 1. The second kappa shape index (κ2) is 8.76. The quantitative estimate of drug-likeness (QED) is 0.287. The highest BCUT2D eigenvalue weighted by molar-refractivity contribution is 5.88. The van der Waals surface area contributed by atoms with Gasteiger partial charge in [-0.05, 0) is 46.5 Å². The molecule has 0 saturated heterocycles. The van der Waals surface area contributed by atoms with Crippen LogP contribution in [0, 0.1) is 0 Å². The van der Waals surface area contributed by atoms with Gasteiger partial charge in [-0.3, -0.25) is 0 Å². The lowest BCUT2D eigenvalue weighted by Crippen LogP contribution is -2.05. The van der Waals surface area contributed by atoms with Crippen LogP contribution >= 0.6 is 0 Å². The maximum absolute atomic E-state index is 6.48. The molecule has 2 heteroatoms. The van der Waals surface area contributed by atoms with Gasteiger partial charge in [-0.2, -0.15) is 0 Å². The van der Waals surface area contributed by atoms with Crippen LogP contribution in [0.2, 0.25) is 0 Å². The van der Waals surface area contributed by atoms with E-state index < -0.39 is 0 Å². The molecule has 0 amide bonds. The summed E-state index contributed by atoms with van der Waals surface area (Å²) in [6, 6.07) is 40.0. The van der Waals surface area contributed by atoms with E-state index in [1.807, 2.05) is 47.3 Å². The van der Waals surface area contributed by atoms with E-state index in [2.05, 4.69) is 84.9 Å². The van der Waals surface area contributed by atoms with Crippen molar-refractivity contribution in [3.63, 3.8) is 0 Å². The number of aromatic nitrogens is 1. The van der Waals surface area contributed by atoms with Crippen LogP contribution in [0.1, 0.15) is 0 Å². The zero-order chi connectivity index (χ0) is 20.9. The van der Waals surface area contributed by atoms with Gasteiger partial charge in [0.15, 0.2) is 6.73 Å². The third kappa shape index (κ3) is 4.15. The second-order valence-corrected chi connectivity index (χ2v) is 7.47. The fourth-order valence-electron chi connectivity index (χ4n) is 3.84. The highest BCUT2D eigenvalue weighted by atomic mass is 16.5. The fourth-order valence-corrected chi connectivity index (χ4v) is 3.84. The molecule has 5 rings (SSSR count). The molecule has 31 heavy (non-hydrogen) atoms. The van der Waals surface area contributed by atoms with Gasteiger partial charge < -0.3 is 9.30 Å². The van der Waals surface area contributed by atoms with Gasteiger partial charge in [0.2, 0.25) is 0 Å². The molecule has 0 aliphatic carbocycles. The van der Waals surface area contributed by atoms with Gasteiger partial charge >= 0.3 is 0 Å². The molecule has 0 spiro atoms. The van der Waals surface area contributed by atoms with Gasteiger partial charge in [0.25, 0.3) is 0 Å². The number of ether oxygens (including phenoxy) is 1. The van der Waals surface area contributed by atoms with Crippen LogP contribution < -0.4 is 4.74 Å². The summed E-state index contributed by atoms with van der Waals surface area (Å²) in [5.74, 6) is 0.894. The minimum absolute atomic E-state index is 0.456. The average Bonchev–Trinajstić information content (AvgIpc) is 3.38. The fraction of sp³-hybridized carbons (Fsp3) is 0.0345. The Kier molecular flexibility index (Phi) is 5.36. The lowest BCUT2D eigenvalue weighted by atomic mass is 9.92. The Labute approximate surface area is 183 Å². The summed E-state index contributed by atoms with van der Waals surface area (Å²) >= 11 is 0. The van der Waals surface area contributed by atoms with Crippen molar-refractivity contribution in [3.8, 4) is 39.1 Å². The molecule has 0 radical (unpaired) electrons. The summed E-state index contributed by atoms with van der Waals surface area (Å²) in [6.45, 7) is 0.456.